The summed E-state index contributed by atoms with van der Waals surface area (Å²) in [6.07, 6.45) is 5.61. The number of hydrogen-bond acceptors (Lipinski definition) is 2. The van der Waals surface area contributed by atoms with Crippen LogP contribution in [0.2, 0.25) is 0 Å². The Labute approximate surface area is 80.3 Å². The van der Waals surface area contributed by atoms with Gasteiger partial charge in [-0.3, -0.25) is 4.79 Å². The molecule has 0 fully saturated rings. The Balaban J connectivity index is 4.44. The van der Waals surface area contributed by atoms with Crippen LogP contribution in [0.4, 0.5) is 0 Å². The van der Waals surface area contributed by atoms with E-state index in [-0.39, 0.29) is 6.10 Å². The van der Waals surface area contributed by atoms with E-state index < -0.39 is 0 Å². The lowest BCUT2D eigenvalue weighted by Crippen LogP contribution is -2.01. The van der Waals surface area contributed by atoms with Crippen LogP contribution in [-0.4, -0.2) is 12.4 Å². The molecular weight excluding hydrogens is 164 g/mol. The van der Waals surface area contributed by atoms with Gasteiger partial charge in [0.05, 0.1) is 6.10 Å². The monoisotopic (exact) mass is 182 g/mol. The summed E-state index contributed by atoms with van der Waals surface area (Å²) in [4.78, 5) is 10.4. The Kier molecular flexibility index (Phi) is 5.94. The molecule has 0 aromatic heterocycles. The molecule has 0 saturated carbocycles. The second kappa shape index (κ2) is 6.46. The Morgan fingerprint density at radius 3 is 2.46 bits per heavy atom. The number of rotatable bonds is 5. The van der Waals surface area contributed by atoms with E-state index in [4.69, 9.17) is 4.74 Å². The summed E-state index contributed by atoms with van der Waals surface area (Å²) in [5.74, 6) is 0.780. The third-order valence-electron chi connectivity index (χ3n) is 1.33. The van der Waals surface area contributed by atoms with Crippen molar-refractivity contribution in [1.29, 1.82) is 0 Å². The van der Waals surface area contributed by atoms with Crippen molar-refractivity contribution < 1.29 is 9.53 Å². The zero-order valence-electron chi connectivity index (χ0n) is 8.83. The first-order chi connectivity index (χ1) is 6.10. The Hall–Kier alpha value is -1.05. The molecule has 0 rings (SSSR count). The zero-order valence-corrected chi connectivity index (χ0v) is 8.83. The summed E-state index contributed by atoms with van der Waals surface area (Å²) >= 11 is 0. The molecule has 0 amide bonds. The molecule has 0 aliphatic rings. The fraction of sp³-hybridized carbons (Fsp3) is 0.545. The first-order valence-electron chi connectivity index (χ1n) is 4.60. The second-order valence-electron chi connectivity index (χ2n) is 3.19. The van der Waals surface area contributed by atoms with Gasteiger partial charge in [-0.1, -0.05) is 6.92 Å². The largest absolute Gasteiger partial charge is 0.491 e. The summed E-state index contributed by atoms with van der Waals surface area (Å²) in [5, 5.41) is 0. The molecule has 0 unspecified atom stereocenters. The molecule has 0 aliphatic heterocycles. The van der Waals surface area contributed by atoms with Crippen LogP contribution in [0, 0.1) is 0 Å². The highest BCUT2D eigenvalue weighted by molar-refractivity contribution is 5.72. The van der Waals surface area contributed by atoms with Crippen LogP contribution >= 0.6 is 0 Å². The smallest absolute Gasteiger partial charge is 0.145 e. The van der Waals surface area contributed by atoms with Crippen molar-refractivity contribution in [2.45, 2.75) is 40.2 Å². The first-order valence-corrected chi connectivity index (χ1v) is 4.60. The van der Waals surface area contributed by atoms with Crippen LogP contribution in [-0.2, 0) is 9.53 Å². The molecule has 0 atom stereocenters. The van der Waals surface area contributed by atoms with Crippen LogP contribution in [0.1, 0.15) is 34.1 Å². The van der Waals surface area contributed by atoms with Gasteiger partial charge in [0.2, 0.25) is 0 Å². The fourth-order valence-electron chi connectivity index (χ4n) is 0.873. The van der Waals surface area contributed by atoms with Gasteiger partial charge >= 0.3 is 0 Å². The van der Waals surface area contributed by atoms with Gasteiger partial charge in [-0.25, -0.2) is 0 Å². The molecule has 2 heteroatoms. The summed E-state index contributed by atoms with van der Waals surface area (Å²) in [5.41, 5.74) is 0.681. The van der Waals surface area contributed by atoms with Crippen molar-refractivity contribution in [2.75, 3.05) is 0 Å². The van der Waals surface area contributed by atoms with Gasteiger partial charge in [0.25, 0.3) is 0 Å². The number of hydrogen-bond donors (Lipinski definition) is 0. The molecule has 13 heavy (non-hydrogen) atoms. The van der Waals surface area contributed by atoms with Crippen LogP contribution in [0.3, 0.4) is 0 Å². The SMILES string of the molecule is CC/C=C(/C=C(\C)C=O)OC(C)C. The Bertz CT molecular complexity index is 212. The third-order valence-corrected chi connectivity index (χ3v) is 1.33. The van der Waals surface area contributed by atoms with Crippen LogP contribution < -0.4 is 0 Å². The molecule has 0 aliphatic carbocycles. The van der Waals surface area contributed by atoms with Gasteiger partial charge < -0.3 is 4.74 Å². The molecule has 0 spiro atoms. The van der Waals surface area contributed by atoms with Crippen molar-refractivity contribution in [1.82, 2.24) is 0 Å². The van der Waals surface area contributed by atoms with Gasteiger partial charge in [-0.05, 0) is 44.9 Å². The highest BCUT2D eigenvalue weighted by atomic mass is 16.5. The van der Waals surface area contributed by atoms with E-state index in [1.165, 1.54) is 0 Å². The quantitative estimate of drug-likeness (QED) is 0.283. The second-order valence-corrected chi connectivity index (χ2v) is 3.19. The van der Waals surface area contributed by atoms with Crippen molar-refractivity contribution in [3.05, 3.63) is 23.5 Å². The Morgan fingerprint density at radius 1 is 1.46 bits per heavy atom. The number of aldehydes is 1. The maximum atomic E-state index is 10.4. The number of carbonyl (C=O) groups excluding carboxylic acids is 1. The van der Waals surface area contributed by atoms with E-state index in [0.29, 0.717) is 5.57 Å². The molecule has 0 heterocycles. The van der Waals surface area contributed by atoms with Gasteiger partial charge in [-0.2, -0.15) is 0 Å². The van der Waals surface area contributed by atoms with Crippen LogP contribution in [0.25, 0.3) is 0 Å². The van der Waals surface area contributed by atoms with Crippen molar-refractivity contribution in [3.63, 3.8) is 0 Å². The zero-order chi connectivity index (χ0) is 10.3. The van der Waals surface area contributed by atoms with E-state index in [0.717, 1.165) is 18.5 Å². The molecule has 0 aromatic carbocycles. The maximum Gasteiger partial charge on any atom is 0.145 e. The summed E-state index contributed by atoms with van der Waals surface area (Å²) in [6, 6.07) is 0. The van der Waals surface area contributed by atoms with Gasteiger partial charge in [0.1, 0.15) is 12.0 Å². The van der Waals surface area contributed by atoms with Crippen LogP contribution in [0.5, 0.6) is 0 Å². The van der Waals surface area contributed by atoms with Gasteiger partial charge in [0, 0.05) is 0 Å². The topological polar surface area (TPSA) is 26.3 Å². The lowest BCUT2D eigenvalue weighted by Gasteiger charge is -2.10. The molecule has 2 nitrogen and oxygen atoms in total. The highest BCUT2D eigenvalue weighted by Crippen LogP contribution is 2.07. The third kappa shape index (κ3) is 6.14. The minimum atomic E-state index is 0.147. The lowest BCUT2D eigenvalue weighted by atomic mass is 10.2. The number of ether oxygens (including phenoxy) is 1. The van der Waals surface area contributed by atoms with Crippen molar-refractivity contribution >= 4 is 6.29 Å². The summed E-state index contributed by atoms with van der Waals surface area (Å²) < 4.78 is 5.49. The average Bonchev–Trinajstić information content (AvgIpc) is 2.03. The molecule has 74 valence electrons. The van der Waals surface area contributed by atoms with Crippen molar-refractivity contribution in [3.8, 4) is 0 Å². The van der Waals surface area contributed by atoms with E-state index in [1.807, 2.05) is 26.8 Å². The van der Waals surface area contributed by atoms with Crippen molar-refractivity contribution in [2.24, 2.45) is 0 Å². The lowest BCUT2D eigenvalue weighted by molar-refractivity contribution is -0.104. The molecule has 0 radical (unpaired) electrons. The Morgan fingerprint density at radius 2 is 2.08 bits per heavy atom. The molecular formula is C11H18O2. The normalized spacial score (nSPS) is 13.3. The van der Waals surface area contributed by atoms with Gasteiger partial charge in [0.15, 0.2) is 0 Å². The first kappa shape index (κ1) is 11.9. The molecule has 0 saturated heterocycles. The van der Waals surface area contributed by atoms with E-state index in [1.54, 1.807) is 13.0 Å². The predicted molar refractivity (Wildman–Crippen MR) is 54.4 cm³/mol. The van der Waals surface area contributed by atoms with E-state index in [9.17, 15) is 4.79 Å². The van der Waals surface area contributed by atoms with E-state index in [2.05, 4.69) is 0 Å². The molecule has 0 N–H and O–H groups in total. The highest BCUT2D eigenvalue weighted by Gasteiger charge is 1.97. The number of allylic oxidation sites excluding steroid dienone is 3. The predicted octanol–water partition coefficient (Wildman–Crippen LogP) is 2.85. The molecule has 0 bridgehead atoms. The van der Waals surface area contributed by atoms with Crippen LogP contribution in [0.15, 0.2) is 23.5 Å². The van der Waals surface area contributed by atoms with E-state index >= 15 is 0 Å². The summed E-state index contributed by atoms with van der Waals surface area (Å²) in [6.45, 7) is 7.73. The molecule has 0 aromatic rings. The fourth-order valence-corrected chi connectivity index (χ4v) is 0.873. The minimum Gasteiger partial charge on any atom is -0.491 e. The number of carbonyl (C=O) groups is 1. The maximum absolute atomic E-state index is 10.4. The minimum absolute atomic E-state index is 0.147. The average molecular weight is 182 g/mol. The standard InChI is InChI=1S/C11H18O2/c1-5-6-11(13-9(2)3)7-10(4)8-12/h6-9H,5H2,1-4H3/b10-7+,11-6-. The summed E-state index contributed by atoms with van der Waals surface area (Å²) in [7, 11) is 0. The van der Waals surface area contributed by atoms with Gasteiger partial charge in [-0.15, -0.1) is 0 Å².